The minimum atomic E-state index is -0.819. The van der Waals surface area contributed by atoms with Crippen molar-refractivity contribution in [1.82, 2.24) is 5.32 Å². The maximum absolute atomic E-state index is 11.7. The van der Waals surface area contributed by atoms with Gasteiger partial charge in [0, 0.05) is 6.54 Å². The zero-order valence-corrected chi connectivity index (χ0v) is 14.9. The molecule has 0 heterocycles. The first-order valence-electron chi connectivity index (χ1n) is 8.63. The van der Waals surface area contributed by atoms with Gasteiger partial charge in [-0.05, 0) is 39.2 Å². The Hall–Kier alpha value is -1.61. The predicted molar refractivity (Wildman–Crippen MR) is 99.2 cm³/mol. The molecule has 130 valence electrons. The Morgan fingerprint density at radius 1 is 1.09 bits per heavy atom. The van der Waals surface area contributed by atoms with E-state index >= 15 is 0 Å². The van der Waals surface area contributed by atoms with Gasteiger partial charge in [-0.1, -0.05) is 68.7 Å². The molecule has 0 saturated heterocycles. The molecule has 0 radical (unpaired) electrons. The van der Waals surface area contributed by atoms with E-state index in [4.69, 9.17) is 0 Å². The molecule has 3 nitrogen and oxygen atoms in total. The first-order chi connectivity index (χ1) is 11.0. The number of carbonyl (C=O) groups is 1. The van der Waals surface area contributed by atoms with E-state index in [1.807, 2.05) is 43.4 Å². The minimum absolute atomic E-state index is 0.141. The first-order valence-corrected chi connectivity index (χ1v) is 8.63. The highest BCUT2D eigenvalue weighted by atomic mass is 16.3. The quantitative estimate of drug-likeness (QED) is 0.317. The molecule has 2 N–H and O–H groups in total. The molecule has 0 bridgehead atoms. The normalized spacial score (nSPS) is 15.1. The third-order valence-electron chi connectivity index (χ3n) is 3.39. The van der Waals surface area contributed by atoms with Crippen molar-refractivity contribution < 1.29 is 9.90 Å². The lowest BCUT2D eigenvalue weighted by Crippen LogP contribution is -2.40. The summed E-state index contributed by atoms with van der Waals surface area (Å²) in [6, 6.07) is 0. The van der Waals surface area contributed by atoms with Crippen LogP contribution < -0.4 is 5.32 Å². The SMILES string of the molecule is CC=CC=CC=CCCC=CC(=O)NCC(C)(O)CCCCC. The van der Waals surface area contributed by atoms with Crippen molar-refractivity contribution in [3.63, 3.8) is 0 Å². The smallest absolute Gasteiger partial charge is 0.243 e. The van der Waals surface area contributed by atoms with Crippen LogP contribution in [0.15, 0.2) is 48.6 Å². The Morgan fingerprint density at radius 3 is 2.48 bits per heavy atom. The molecule has 1 atom stereocenters. The van der Waals surface area contributed by atoms with Crippen LogP contribution >= 0.6 is 0 Å². The Bertz CT molecular complexity index is 417. The van der Waals surface area contributed by atoms with Crippen molar-refractivity contribution in [2.75, 3.05) is 6.54 Å². The van der Waals surface area contributed by atoms with Crippen LogP contribution in [0.1, 0.15) is 59.3 Å². The molecule has 0 aliphatic heterocycles. The standard InChI is InChI=1S/C20H33NO2/c1-4-6-8-9-10-11-12-13-14-16-19(22)21-18-20(3,23)17-15-7-5-2/h4,6,8-11,14,16,23H,5,7,12-13,15,17-18H2,1-3H3,(H,21,22). The average Bonchev–Trinajstić information content (AvgIpc) is 2.51. The second kappa shape index (κ2) is 14.0. The highest BCUT2D eigenvalue weighted by Gasteiger charge is 2.19. The molecule has 0 saturated carbocycles. The molecule has 23 heavy (non-hydrogen) atoms. The summed E-state index contributed by atoms with van der Waals surface area (Å²) >= 11 is 0. The van der Waals surface area contributed by atoms with Gasteiger partial charge in [0.1, 0.15) is 0 Å². The lowest BCUT2D eigenvalue weighted by molar-refractivity contribution is -0.117. The van der Waals surface area contributed by atoms with Crippen molar-refractivity contribution in [1.29, 1.82) is 0 Å². The molecule has 0 aromatic carbocycles. The van der Waals surface area contributed by atoms with Crippen LogP contribution in [-0.4, -0.2) is 23.2 Å². The summed E-state index contributed by atoms with van der Waals surface area (Å²) in [4.78, 5) is 11.7. The predicted octanol–water partition coefficient (Wildman–Crippen LogP) is 4.46. The first kappa shape index (κ1) is 21.4. The number of carbonyl (C=O) groups excluding carboxylic acids is 1. The Morgan fingerprint density at radius 2 is 1.78 bits per heavy atom. The molecule has 3 heteroatoms. The molecule has 1 amide bonds. The number of hydrogen-bond acceptors (Lipinski definition) is 2. The lowest BCUT2D eigenvalue weighted by Gasteiger charge is -2.23. The molecule has 0 aromatic rings. The summed E-state index contributed by atoms with van der Waals surface area (Å²) in [5.74, 6) is -0.141. The monoisotopic (exact) mass is 319 g/mol. The number of aliphatic hydroxyl groups is 1. The van der Waals surface area contributed by atoms with Gasteiger partial charge in [-0.15, -0.1) is 0 Å². The zero-order chi connectivity index (χ0) is 17.4. The van der Waals surface area contributed by atoms with Crippen molar-refractivity contribution >= 4 is 5.91 Å². The van der Waals surface area contributed by atoms with Gasteiger partial charge in [-0.2, -0.15) is 0 Å². The number of nitrogens with one attached hydrogen (secondary N) is 1. The van der Waals surface area contributed by atoms with Crippen LogP contribution in [0.5, 0.6) is 0 Å². The van der Waals surface area contributed by atoms with Gasteiger partial charge in [0.25, 0.3) is 0 Å². The fourth-order valence-corrected chi connectivity index (χ4v) is 1.98. The molecule has 1 unspecified atom stereocenters. The van der Waals surface area contributed by atoms with E-state index in [1.54, 1.807) is 13.0 Å². The van der Waals surface area contributed by atoms with Gasteiger partial charge >= 0.3 is 0 Å². The molecular weight excluding hydrogens is 286 g/mol. The summed E-state index contributed by atoms with van der Waals surface area (Å²) in [7, 11) is 0. The molecule has 0 aliphatic rings. The maximum Gasteiger partial charge on any atom is 0.243 e. The van der Waals surface area contributed by atoms with Gasteiger partial charge in [0.2, 0.25) is 5.91 Å². The zero-order valence-electron chi connectivity index (χ0n) is 14.9. The van der Waals surface area contributed by atoms with E-state index in [9.17, 15) is 9.90 Å². The van der Waals surface area contributed by atoms with Crippen LogP contribution in [0.3, 0.4) is 0 Å². The number of rotatable bonds is 12. The van der Waals surface area contributed by atoms with Gasteiger partial charge in [0.05, 0.1) is 5.60 Å². The largest absolute Gasteiger partial charge is 0.388 e. The molecule has 0 aliphatic carbocycles. The Labute approximate surface area is 141 Å². The molecule has 0 aromatic heterocycles. The summed E-state index contributed by atoms with van der Waals surface area (Å²) in [5.41, 5.74) is -0.819. The number of unbranched alkanes of at least 4 members (excludes halogenated alkanes) is 3. The second-order valence-electron chi connectivity index (χ2n) is 5.99. The summed E-state index contributed by atoms with van der Waals surface area (Å²) in [6.07, 6.45) is 21.1. The molecule has 0 rings (SSSR count). The van der Waals surface area contributed by atoms with Crippen LogP contribution in [0.4, 0.5) is 0 Å². The fourth-order valence-electron chi connectivity index (χ4n) is 1.98. The molecule has 0 fully saturated rings. The van der Waals surface area contributed by atoms with E-state index in [0.717, 1.165) is 38.5 Å². The van der Waals surface area contributed by atoms with E-state index < -0.39 is 5.60 Å². The maximum atomic E-state index is 11.7. The average molecular weight is 319 g/mol. The summed E-state index contributed by atoms with van der Waals surface area (Å²) in [5, 5.41) is 12.9. The van der Waals surface area contributed by atoms with Crippen LogP contribution in [0, 0.1) is 0 Å². The third-order valence-corrected chi connectivity index (χ3v) is 3.39. The van der Waals surface area contributed by atoms with E-state index in [0.29, 0.717) is 6.54 Å². The summed E-state index contributed by atoms with van der Waals surface area (Å²) in [6.45, 7) is 6.19. The van der Waals surface area contributed by atoms with E-state index in [1.165, 1.54) is 0 Å². The van der Waals surface area contributed by atoms with Crippen LogP contribution in [-0.2, 0) is 4.79 Å². The summed E-state index contributed by atoms with van der Waals surface area (Å²) < 4.78 is 0. The highest BCUT2D eigenvalue weighted by molar-refractivity contribution is 5.87. The van der Waals surface area contributed by atoms with Gasteiger partial charge in [0.15, 0.2) is 0 Å². The molecular formula is C20H33NO2. The van der Waals surface area contributed by atoms with Gasteiger partial charge in [-0.25, -0.2) is 0 Å². The minimum Gasteiger partial charge on any atom is -0.388 e. The number of hydrogen-bond donors (Lipinski definition) is 2. The fraction of sp³-hybridized carbons (Fsp3) is 0.550. The Kier molecular flexibility index (Phi) is 13.0. The van der Waals surface area contributed by atoms with Crippen molar-refractivity contribution in [2.24, 2.45) is 0 Å². The van der Waals surface area contributed by atoms with E-state index in [-0.39, 0.29) is 5.91 Å². The Balaban J connectivity index is 3.84. The van der Waals surface area contributed by atoms with E-state index in [2.05, 4.69) is 18.3 Å². The second-order valence-corrected chi connectivity index (χ2v) is 5.99. The van der Waals surface area contributed by atoms with Crippen LogP contribution in [0.2, 0.25) is 0 Å². The number of amides is 1. The van der Waals surface area contributed by atoms with Gasteiger partial charge < -0.3 is 10.4 Å². The van der Waals surface area contributed by atoms with Crippen molar-refractivity contribution in [2.45, 2.75) is 64.9 Å². The van der Waals surface area contributed by atoms with Crippen molar-refractivity contribution in [3.05, 3.63) is 48.6 Å². The van der Waals surface area contributed by atoms with Crippen LogP contribution in [0.25, 0.3) is 0 Å². The number of allylic oxidation sites excluding steroid dienone is 7. The lowest BCUT2D eigenvalue weighted by atomic mass is 9.98. The topological polar surface area (TPSA) is 49.3 Å². The highest BCUT2D eigenvalue weighted by Crippen LogP contribution is 2.13. The molecule has 0 spiro atoms. The third kappa shape index (κ3) is 15.1. The van der Waals surface area contributed by atoms with Crippen molar-refractivity contribution in [3.8, 4) is 0 Å². The van der Waals surface area contributed by atoms with Gasteiger partial charge in [-0.3, -0.25) is 4.79 Å².